The Kier molecular flexibility index (Phi) is 1.62. The van der Waals surface area contributed by atoms with Crippen LogP contribution in [0.25, 0.3) is 0 Å². The molecule has 1 aliphatic carbocycles. The molecule has 0 bridgehead atoms. The van der Waals surface area contributed by atoms with Gasteiger partial charge in [-0.2, -0.15) is 0 Å². The van der Waals surface area contributed by atoms with E-state index in [0.717, 1.165) is 12.7 Å². The highest BCUT2D eigenvalue weighted by Gasteiger charge is 1.99. The van der Waals surface area contributed by atoms with Gasteiger partial charge in [0.1, 0.15) is 6.29 Å². The van der Waals surface area contributed by atoms with Crippen LogP contribution in [0.2, 0.25) is 0 Å². The van der Waals surface area contributed by atoms with Crippen molar-refractivity contribution in [1.82, 2.24) is 0 Å². The van der Waals surface area contributed by atoms with Gasteiger partial charge in [-0.1, -0.05) is 24.3 Å². The predicted octanol–water partition coefficient (Wildman–Crippen LogP) is 1.32. The first kappa shape index (κ1) is 5.29. The summed E-state index contributed by atoms with van der Waals surface area (Å²) in [7, 11) is 0. The molecule has 1 nitrogen and oxygen atoms in total. The number of aldehydes is 1. The number of carbonyl (C=O) groups is 1. The van der Waals surface area contributed by atoms with Crippen molar-refractivity contribution in [3.8, 4) is 0 Å². The van der Waals surface area contributed by atoms with Crippen molar-refractivity contribution in [3.05, 3.63) is 24.3 Å². The van der Waals surface area contributed by atoms with E-state index in [0.29, 0.717) is 0 Å². The van der Waals surface area contributed by atoms with Crippen LogP contribution in [0.5, 0.6) is 0 Å². The van der Waals surface area contributed by atoms with Gasteiger partial charge in [0.15, 0.2) is 0 Å². The average molecular weight is 108 g/mol. The van der Waals surface area contributed by atoms with Crippen LogP contribution in [0.3, 0.4) is 0 Å². The third kappa shape index (κ3) is 1.06. The Bertz CT molecular complexity index is 133. The van der Waals surface area contributed by atoms with Crippen LogP contribution in [-0.2, 0) is 4.79 Å². The molecule has 1 aliphatic rings. The van der Waals surface area contributed by atoms with E-state index in [-0.39, 0.29) is 5.92 Å². The summed E-state index contributed by atoms with van der Waals surface area (Å²) in [6, 6.07) is 0. The van der Waals surface area contributed by atoms with Gasteiger partial charge < -0.3 is 4.79 Å². The number of hydrogen-bond donors (Lipinski definition) is 0. The molecule has 1 atom stereocenters. The Hall–Kier alpha value is -0.850. The van der Waals surface area contributed by atoms with Crippen molar-refractivity contribution >= 4 is 6.29 Å². The maximum Gasteiger partial charge on any atom is 0.127 e. The average Bonchev–Trinajstić information content (AvgIpc) is 1.90. The molecule has 0 saturated heterocycles. The smallest absolute Gasteiger partial charge is 0.127 e. The molecule has 8 heavy (non-hydrogen) atoms. The van der Waals surface area contributed by atoms with Gasteiger partial charge in [-0.3, -0.25) is 0 Å². The van der Waals surface area contributed by atoms with Crippen molar-refractivity contribution < 1.29 is 4.79 Å². The Labute approximate surface area is 48.7 Å². The van der Waals surface area contributed by atoms with E-state index < -0.39 is 0 Å². The van der Waals surface area contributed by atoms with Crippen molar-refractivity contribution in [2.75, 3.05) is 0 Å². The first-order valence-corrected chi connectivity index (χ1v) is 2.72. The summed E-state index contributed by atoms with van der Waals surface area (Å²) in [4.78, 5) is 10.1. The molecule has 0 unspecified atom stereocenters. The van der Waals surface area contributed by atoms with E-state index in [4.69, 9.17) is 0 Å². The van der Waals surface area contributed by atoms with Crippen LogP contribution in [0.4, 0.5) is 0 Å². The first-order valence-electron chi connectivity index (χ1n) is 2.72. The Morgan fingerprint density at radius 2 is 2.38 bits per heavy atom. The molecular formula is C7H8O. The van der Waals surface area contributed by atoms with Gasteiger partial charge >= 0.3 is 0 Å². The fraction of sp³-hybridized carbons (Fsp3) is 0.286. The van der Waals surface area contributed by atoms with E-state index in [9.17, 15) is 4.79 Å². The highest BCUT2D eigenvalue weighted by Crippen LogP contribution is 2.06. The second-order valence-electron chi connectivity index (χ2n) is 1.85. The van der Waals surface area contributed by atoms with Gasteiger partial charge in [0.25, 0.3) is 0 Å². The third-order valence-electron chi connectivity index (χ3n) is 1.19. The lowest BCUT2D eigenvalue weighted by atomic mass is 10.0. The maximum absolute atomic E-state index is 10.1. The summed E-state index contributed by atoms with van der Waals surface area (Å²) < 4.78 is 0. The van der Waals surface area contributed by atoms with E-state index in [1.165, 1.54) is 0 Å². The normalized spacial score (nSPS) is 25.8. The number of rotatable bonds is 1. The molecule has 42 valence electrons. The summed E-state index contributed by atoms with van der Waals surface area (Å²) in [5.74, 6) is 0.139. The monoisotopic (exact) mass is 108 g/mol. The fourth-order valence-electron chi connectivity index (χ4n) is 0.701. The van der Waals surface area contributed by atoms with E-state index in [1.54, 1.807) is 0 Å². The minimum atomic E-state index is 0.139. The molecule has 0 aromatic carbocycles. The van der Waals surface area contributed by atoms with Crippen molar-refractivity contribution in [2.45, 2.75) is 6.42 Å². The summed E-state index contributed by atoms with van der Waals surface area (Å²) in [6.45, 7) is 0. The molecule has 1 rings (SSSR count). The summed E-state index contributed by atoms with van der Waals surface area (Å²) in [5.41, 5.74) is 0. The Morgan fingerprint density at radius 1 is 1.50 bits per heavy atom. The second kappa shape index (κ2) is 2.46. The Morgan fingerprint density at radius 3 is 2.75 bits per heavy atom. The topological polar surface area (TPSA) is 17.1 Å². The molecule has 0 spiro atoms. The third-order valence-corrected chi connectivity index (χ3v) is 1.19. The van der Waals surface area contributed by atoms with Crippen LogP contribution in [0.15, 0.2) is 24.3 Å². The van der Waals surface area contributed by atoms with Crippen LogP contribution in [-0.4, -0.2) is 6.29 Å². The molecule has 0 amide bonds. The molecule has 0 aromatic rings. The molecule has 0 aromatic heterocycles. The van der Waals surface area contributed by atoms with Crippen LogP contribution < -0.4 is 0 Å². The second-order valence-corrected chi connectivity index (χ2v) is 1.85. The summed E-state index contributed by atoms with van der Waals surface area (Å²) in [6.07, 6.45) is 9.62. The summed E-state index contributed by atoms with van der Waals surface area (Å²) in [5, 5.41) is 0. The van der Waals surface area contributed by atoms with Crippen LogP contribution in [0.1, 0.15) is 6.42 Å². The lowest BCUT2D eigenvalue weighted by Crippen LogP contribution is -1.96. The molecule has 1 heteroatoms. The summed E-state index contributed by atoms with van der Waals surface area (Å²) >= 11 is 0. The van der Waals surface area contributed by atoms with Gasteiger partial charge in [0, 0.05) is 5.92 Å². The molecule has 0 aliphatic heterocycles. The highest BCUT2D eigenvalue weighted by atomic mass is 16.1. The zero-order chi connectivity index (χ0) is 5.82. The van der Waals surface area contributed by atoms with E-state index >= 15 is 0 Å². The van der Waals surface area contributed by atoms with E-state index in [1.807, 2.05) is 24.3 Å². The quantitative estimate of drug-likeness (QED) is 0.463. The van der Waals surface area contributed by atoms with Gasteiger partial charge in [0.2, 0.25) is 0 Å². The molecule has 0 heterocycles. The van der Waals surface area contributed by atoms with Crippen LogP contribution >= 0.6 is 0 Å². The minimum absolute atomic E-state index is 0.139. The molecule has 0 saturated carbocycles. The van der Waals surface area contributed by atoms with E-state index in [2.05, 4.69) is 0 Å². The zero-order valence-corrected chi connectivity index (χ0v) is 4.58. The van der Waals surface area contributed by atoms with Gasteiger partial charge in [-0.25, -0.2) is 0 Å². The van der Waals surface area contributed by atoms with Crippen molar-refractivity contribution in [2.24, 2.45) is 5.92 Å². The van der Waals surface area contributed by atoms with Gasteiger partial charge in [0.05, 0.1) is 0 Å². The SMILES string of the molecule is O=C[C@H]1C=CC=CC1. The Balaban J connectivity index is 2.51. The van der Waals surface area contributed by atoms with Crippen LogP contribution in [0, 0.1) is 5.92 Å². The zero-order valence-electron chi connectivity index (χ0n) is 4.58. The lowest BCUT2D eigenvalue weighted by Gasteiger charge is -2.01. The molecular weight excluding hydrogens is 100 g/mol. The number of allylic oxidation sites excluding steroid dienone is 4. The van der Waals surface area contributed by atoms with Gasteiger partial charge in [-0.15, -0.1) is 0 Å². The molecule has 0 fully saturated rings. The lowest BCUT2D eigenvalue weighted by molar-refractivity contribution is -0.109. The predicted molar refractivity (Wildman–Crippen MR) is 32.5 cm³/mol. The fourth-order valence-corrected chi connectivity index (χ4v) is 0.701. The van der Waals surface area contributed by atoms with Crippen molar-refractivity contribution in [1.29, 1.82) is 0 Å². The van der Waals surface area contributed by atoms with Crippen molar-refractivity contribution in [3.63, 3.8) is 0 Å². The van der Waals surface area contributed by atoms with Gasteiger partial charge in [-0.05, 0) is 6.42 Å². The standard InChI is InChI=1S/C7H8O/c8-6-7-4-2-1-3-5-7/h1-4,6-7H,5H2/t7-/m0/s1. The highest BCUT2D eigenvalue weighted by molar-refractivity contribution is 5.57. The maximum atomic E-state index is 10.1. The molecule has 0 radical (unpaired) electrons. The first-order chi connectivity index (χ1) is 3.93. The minimum Gasteiger partial charge on any atom is -0.303 e. The number of carbonyl (C=O) groups excluding carboxylic acids is 1. The molecule has 0 N–H and O–H groups in total. The largest absolute Gasteiger partial charge is 0.303 e. The number of hydrogen-bond acceptors (Lipinski definition) is 1.